The van der Waals surface area contributed by atoms with Gasteiger partial charge in [-0.2, -0.15) is 0 Å². The van der Waals surface area contributed by atoms with Crippen molar-refractivity contribution in [2.75, 3.05) is 6.54 Å². The fraction of sp³-hybridized carbons (Fsp3) is 0.750. The zero-order chi connectivity index (χ0) is 28.5. The summed E-state index contributed by atoms with van der Waals surface area (Å²) in [5, 5.41) is 14.2. The first kappa shape index (κ1) is 30.6. The number of carbonyl (C=O) groups is 2. The summed E-state index contributed by atoms with van der Waals surface area (Å²) in [5.41, 5.74) is -0.693. The van der Waals surface area contributed by atoms with E-state index in [4.69, 9.17) is 9.47 Å². The van der Waals surface area contributed by atoms with Crippen LogP contribution >= 0.6 is 0 Å². The molecule has 0 saturated heterocycles. The van der Waals surface area contributed by atoms with Crippen LogP contribution in [-0.4, -0.2) is 29.1 Å². The smallest absolute Gasteiger partial charge is 0.317 e. The molecule has 214 valence electrons. The van der Waals surface area contributed by atoms with Crippen LogP contribution in [0.15, 0.2) is 18.2 Å². The minimum Gasteiger partial charge on any atom is -0.422 e. The van der Waals surface area contributed by atoms with Gasteiger partial charge in [0.25, 0.3) is 0 Å². The monoisotopic (exact) mass is 529 g/mol. The van der Waals surface area contributed by atoms with Gasteiger partial charge in [0.1, 0.15) is 0 Å². The second-order valence-corrected chi connectivity index (χ2v) is 14.2. The maximum Gasteiger partial charge on any atom is 0.317 e. The minimum atomic E-state index is -0.803. The molecule has 2 aliphatic carbocycles. The number of ether oxygens (including phenoxy) is 2. The number of esters is 2. The second kappa shape index (κ2) is 11.7. The summed E-state index contributed by atoms with van der Waals surface area (Å²) in [4.78, 5) is 26.9. The molecule has 0 spiro atoms. The predicted octanol–water partition coefficient (Wildman–Crippen LogP) is 6.84. The number of nitrogens with one attached hydrogen (secondary N) is 1. The molecule has 0 bridgehead atoms. The van der Waals surface area contributed by atoms with Crippen LogP contribution in [-0.2, 0) is 9.59 Å². The molecule has 0 heterocycles. The summed E-state index contributed by atoms with van der Waals surface area (Å²) < 4.78 is 12.0. The number of rotatable bonds is 9. The third kappa shape index (κ3) is 7.38. The Labute approximate surface area is 230 Å². The Balaban J connectivity index is 1.85. The van der Waals surface area contributed by atoms with Crippen molar-refractivity contribution in [3.63, 3.8) is 0 Å². The molecule has 3 rings (SSSR count). The van der Waals surface area contributed by atoms with Gasteiger partial charge in [-0.25, -0.2) is 0 Å². The zero-order valence-corrected chi connectivity index (χ0v) is 25.1. The lowest BCUT2D eigenvalue weighted by Crippen LogP contribution is -2.38. The van der Waals surface area contributed by atoms with E-state index in [1.807, 2.05) is 34.6 Å². The van der Waals surface area contributed by atoms with E-state index in [0.717, 1.165) is 38.5 Å². The lowest BCUT2D eigenvalue weighted by molar-refractivity contribution is -0.147. The van der Waals surface area contributed by atoms with E-state index in [1.165, 1.54) is 0 Å². The van der Waals surface area contributed by atoms with E-state index >= 15 is 0 Å². The topological polar surface area (TPSA) is 84.9 Å². The highest BCUT2D eigenvalue weighted by Gasteiger charge is 2.45. The van der Waals surface area contributed by atoms with Gasteiger partial charge in [-0.05, 0) is 115 Å². The van der Waals surface area contributed by atoms with Gasteiger partial charge in [0, 0.05) is 12.1 Å². The number of β-amino-alcohol motifs (C(OH)–C–C–N with tert-alkyl or cyclic N) is 1. The molecule has 0 aliphatic heterocycles. The molecule has 38 heavy (non-hydrogen) atoms. The Hall–Kier alpha value is -1.92. The Morgan fingerprint density at radius 2 is 1.39 bits per heavy atom. The molecule has 5 atom stereocenters. The standard InChI is InChI=1S/C32H51NO5/c1-20(2)23-12-14-31(8,17-23)28(35)37-26-11-10-22(25(34)19-33-30(5,6)7)16-27(26)38-29(36)32(9)15-13-24(18-32)21(3)4/h10-11,16,20-21,23-25,33-34H,12-15,17-19H2,1-9H3. The molecule has 2 N–H and O–H groups in total. The lowest BCUT2D eigenvalue weighted by Gasteiger charge is -2.26. The van der Waals surface area contributed by atoms with E-state index in [-0.39, 0.29) is 29.0 Å². The predicted molar refractivity (Wildman–Crippen MR) is 151 cm³/mol. The molecule has 2 fully saturated rings. The first-order valence-electron chi connectivity index (χ1n) is 14.5. The minimum absolute atomic E-state index is 0.152. The van der Waals surface area contributed by atoms with Crippen LogP contribution in [0.25, 0.3) is 0 Å². The molecule has 1 aromatic rings. The second-order valence-electron chi connectivity index (χ2n) is 14.2. The molecule has 1 aromatic carbocycles. The van der Waals surface area contributed by atoms with Gasteiger partial charge in [-0.1, -0.05) is 33.8 Å². The van der Waals surface area contributed by atoms with Crippen molar-refractivity contribution in [3.8, 4) is 11.5 Å². The molecule has 0 radical (unpaired) electrons. The van der Waals surface area contributed by atoms with Crippen LogP contribution in [0.3, 0.4) is 0 Å². The summed E-state index contributed by atoms with van der Waals surface area (Å²) in [6.07, 6.45) is 4.34. The van der Waals surface area contributed by atoms with Crippen LogP contribution in [0.5, 0.6) is 11.5 Å². The lowest BCUT2D eigenvalue weighted by atomic mass is 9.85. The van der Waals surface area contributed by atoms with Crippen molar-refractivity contribution in [1.82, 2.24) is 5.32 Å². The number of carbonyl (C=O) groups excluding carboxylic acids is 2. The average molecular weight is 530 g/mol. The summed E-state index contributed by atoms with van der Waals surface area (Å²) in [7, 11) is 0. The molecular weight excluding hydrogens is 478 g/mol. The largest absolute Gasteiger partial charge is 0.422 e. The van der Waals surface area contributed by atoms with E-state index in [9.17, 15) is 14.7 Å². The molecule has 0 amide bonds. The van der Waals surface area contributed by atoms with Gasteiger partial charge in [0.05, 0.1) is 16.9 Å². The van der Waals surface area contributed by atoms with Crippen LogP contribution in [0, 0.1) is 34.5 Å². The van der Waals surface area contributed by atoms with Crippen LogP contribution in [0.1, 0.15) is 113 Å². The van der Waals surface area contributed by atoms with Crippen molar-refractivity contribution in [2.45, 2.75) is 112 Å². The molecule has 0 aromatic heterocycles. The highest BCUT2D eigenvalue weighted by Crippen LogP contribution is 2.48. The Morgan fingerprint density at radius 1 is 0.921 bits per heavy atom. The van der Waals surface area contributed by atoms with E-state index in [2.05, 4.69) is 33.0 Å². The highest BCUT2D eigenvalue weighted by molar-refractivity contribution is 5.82. The third-order valence-electron chi connectivity index (χ3n) is 9.01. The molecular formula is C32H51NO5. The summed E-state index contributed by atoms with van der Waals surface area (Å²) >= 11 is 0. The van der Waals surface area contributed by atoms with Crippen LogP contribution in [0.2, 0.25) is 0 Å². The summed E-state index contributed by atoms with van der Waals surface area (Å²) in [6.45, 7) is 19.2. The maximum atomic E-state index is 13.5. The Bertz CT molecular complexity index is 996. The Kier molecular flexibility index (Phi) is 9.41. The highest BCUT2D eigenvalue weighted by atomic mass is 16.6. The Morgan fingerprint density at radius 3 is 1.82 bits per heavy atom. The summed E-state index contributed by atoms with van der Waals surface area (Å²) in [5.74, 6) is 1.86. The van der Waals surface area contributed by atoms with E-state index in [1.54, 1.807) is 18.2 Å². The number of aliphatic hydroxyl groups is 1. The van der Waals surface area contributed by atoms with E-state index < -0.39 is 16.9 Å². The molecule has 6 nitrogen and oxygen atoms in total. The van der Waals surface area contributed by atoms with Gasteiger partial charge in [-0.15, -0.1) is 0 Å². The number of hydrogen-bond acceptors (Lipinski definition) is 6. The summed E-state index contributed by atoms with van der Waals surface area (Å²) in [6, 6.07) is 5.05. The first-order valence-corrected chi connectivity index (χ1v) is 14.5. The van der Waals surface area contributed by atoms with Crippen molar-refractivity contribution in [3.05, 3.63) is 23.8 Å². The number of benzene rings is 1. The maximum absolute atomic E-state index is 13.5. The molecule has 2 aliphatic rings. The molecule has 6 heteroatoms. The first-order chi connectivity index (χ1) is 17.5. The number of hydrogen-bond donors (Lipinski definition) is 2. The quantitative estimate of drug-likeness (QED) is 0.269. The fourth-order valence-electron chi connectivity index (χ4n) is 5.95. The van der Waals surface area contributed by atoms with Gasteiger partial charge in [0.15, 0.2) is 11.5 Å². The van der Waals surface area contributed by atoms with Crippen LogP contribution in [0.4, 0.5) is 0 Å². The van der Waals surface area contributed by atoms with Gasteiger partial charge in [-0.3, -0.25) is 9.59 Å². The van der Waals surface area contributed by atoms with Crippen LogP contribution < -0.4 is 14.8 Å². The van der Waals surface area contributed by atoms with Crippen molar-refractivity contribution in [2.24, 2.45) is 34.5 Å². The third-order valence-corrected chi connectivity index (χ3v) is 9.01. The van der Waals surface area contributed by atoms with Crippen molar-refractivity contribution in [1.29, 1.82) is 0 Å². The molecule has 5 unspecified atom stereocenters. The molecule has 2 saturated carbocycles. The average Bonchev–Trinajstić information content (AvgIpc) is 3.43. The van der Waals surface area contributed by atoms with Gasteiger partial charge >= 0.3 is 11.9 Å². The van der Waals surface area contributed by atoms with Crippen molar-refractivity contribution < 1.29 is 24.2 Å². The number of aliphatic hydroxyl groups excluding tert-OH is 1. The van der Waals surface area contributed by atoms with Crippen molar-refractivity contribution >= 4 is 11.9 Å². The van der Waals surface area contributed by atoms with Gasteiger partial charge in [0.2, 0.25) is 0 Å². The zero-order valence-electron chi connectivity index (χ0n) is 25.1. The normalized spacial score (nSPS) is 28.6. The van der Waals surface area contributed by atoms with Gasteiger partial charge < -0.3 is 19.9 Å². The SMILES string of the molecule is CC(C)C1CCC(C)(C(=O)Oc2ccc(C(O)CNC(C)(C)C)cc2OC(=O)C2(C)CCC(C(C)C)C2)C1. The fourth-order valence-corrected chi connectivity index (χ4v) is 5.95. The van der Waals surface area contributed by atoms with E-state index in [0.29, 0.717) is 35.8 Å².